The van der Waals surface area contributed by atoms with Crippen molar-refractivity contribution in [2.24, 2.45) is 5.41 Å². The fraction of sp³-hybridized carbons (Fsp3) is 0.400. The predicted octanol–water partition coefficient (Wildman–Crippen LogP) is 4.96. The van der Waals surface area contributed by atoms with E-state index in [0.717, 1.165) is 41.2 Å². The molecule has 1 aliphatic heterocycles. The van der Waals surface area contributed by atoms with Crippen LogP contribution in [0.4, 0.5) is 0 Å². The third-order valence-electron chi connectivity index (χ3n) is 6.30. The highest BCUT2D eigenvalue weighted by molar-refractivity contribution is 5.60. The first-order chi connectivity index (χ1) is 13.7. The maximum Gasteiger partial charge on any atom is 0.167 e. The second-order valence-electron chi connectivity index (χ2n) is 9.13. The largest absolute Gasteiger partial charge is 0.380 e. The summed E-state index contributed by atoms with van der Waals surface area (Å²) >= 11 is 0. The Bertz CT molecular complexity index is 1000. The Kier molecular flexibility index (Phi) is 4.88. The Morgan fingerprint density at radius 3 is 2.31 bits per heavy atom. The van der Waals surface area contributed by atoms with Gasteiger partial charge in [-0.2, -0.15) is 0 Å². The van der Waals surface area contributed by atoms with Gasteiger partial charge in [0, 0.05) is 30.1 Å². The summed E-state index contributed by atoms with van der Waals surface area (Å²) in [6.45, 7) is 10.1. The van der Waals surface area contributed by atoms with Crippen molar-refractivity contribution in [2.75, 3.05) is 20.1 Å². The lowest BCUT2D eigenvalue weighted by atomic mass is 9.61. The Labute approximate surface area is 173 Å². The van der Waals surface area contributed by atoms with Crippen LogP contribution in [0.5, 0.6) is 0 Å². The van der Waals surface area contributed by atoms with Gasteiger partial charge < -0.3 is 14.5 Å². The molecule has 2 heterocycles. The molecule has 1 atom stereocenters. The van der Waals surface area contributed by atoms with Gasteiger partial charge in [0.05, 0.1) is 5.69 Å². The molecule has 4 rings (SSSR count). The molecule has 4 nitrogen and oxygen atoms in total. The molecule has 1 N–H and O–H groups in total. The van der Waals surface area contributed by atoms with Crippen LogP contribution in [0.2, 0.25) is 0 Å². The molecule has 152 valence electrons. The third kappa shape index (κ3) is 3.30. The lowest BCUT2D eigenvalue weighted by Crippen LogP contribution is -2.63. The van der Waals surface area contributed by atoms with Crippen LogP contribution in [0.3, 0.4) is 0 Å². The number of aromatic nitrogens is 1. The van der Waals surface area contributed by atoms with E-state index in [2.05, 4.69) is 62.1 Å². The van der Waals surface area contributed by atoms with Gasteiger partial charge in [-0.1, -0.05) is 68.4 Å². The smallest absolute Gasteiger partial charge is 0.167 e. The molecule has 29 heavy (non-hydrogen) atoms. The highest BCUT2D eigenvalue weighted by Gasteiger charge is 2.55. The zero-order chi connectivity index (χ0) is 20.8. The summed E-state index contributed by atoms with van der Waals surface area (Å²) in [5.74, 6) is 1.18. The second-order valence-corrected chi connectivity index (χ2v) is 9.13. The molecule has 0 radical (unpaired) electrons. The van der Waals surface area contributed by atoms with Crippen LogP contribution in [0.15, 0.2) is 59.1 Å². The van der Waals surface area contributed by atoms with Crippen molar-refractivity contribution in [1.29, 1.82) is 0 Å². The zero-order valence-corrected chi connectivity index (χ0v) is 17.9. The van der Waals surface area contributed by atoms with Crippen molar-refractivity contribution in [2.45, 2.75) is 39.2 Å². The molecule has 0 spiro atoms. The standard InChI is InChI=1S/C25H30N2O2/c1-17(2)19-9-11-21(12-10-19)25(28,24(4)15-27(5)16-24)22-8-6-7-20(14-22)23-13-18(3)26-29-23/h6-14,17,28H,15-16H2,1-5H3. The van der Waals surface area contributed by atoms with E-state index in [1.165, 1.54) is 5.56 Å². The minimum atomic E-state index is -1.10. The van der Waals surface area contributed by atoms with E-state index in [1.54, 1.807) is 0 Å². The second kappa shape index (κ2) is 7.12. The van der Waals surface area contributed by atoms with Crippen LogP contribution in [-0.2, 0) is 5.60 Å². The monoisotopic (exact) mass is 390 g/mol. The van der Waals surface area contributed by atoms with Gasteiger partial charge in [0.1, 0.15) is 5.60 Å². The van der Waals surface area contributed by atoms with Crippen molar-refractivity contribution < 1.29 is 9.63 Å². The molecule has 1 fully saturated rings. The first-order valence-corrected chi connectivity index (χ1v) is 10.3. The number of hydrogen-bond donors (Lipinski definition) is 1. The van der Waals surface area contributed by atoms with E-state index < -0.39 is 5.60 Å². The quantitative estimate of drug-likeness (QED) is 0.669. The van der Waals surface area contributed by atoms with E-state index in [4.69, 9.17) is 4.52 Å². The maximum absolute atomic E-state index is 12.3. The molecule has 4 heteroatoms. The summed E-state index contributed by atoms with van der Waals surface area (Å²) < 4.78 is 5.47. The maximum atomic E-state index is 12.3. The zero-order valence-electron chi connectivity index (χ0n) is 17.9. The number of rotatable bonds is 5. The van der Waals surface area contributed by atoms with Crippen molar-refractivity contribution in [1.82, 2.24) is 10.1 Å². The molecule has 3 aromatic rings. The number of aryl methyl sites for hydroxylation is 1. The normalized spacial score (nSPS) is 18.4. The number of likely N-dealkylation sites (tertiary alicyclic amines) is 1. The molecule has 1 saturated heterocycles. The van der Waals surface area contributed by atoms with Crippen LogP contribution in [0.1, 0.15) is 49.1 Å². The van der Waals surface area contributed by atoms with Crippen LogP contribution >= 0.6 is 0 Å². The summed E-state index contributed by atoms with van der Waals surface area (Å²) in [4.78, 5) is 2.25. The van der Waals surface area contributed by atoms with Gasteiger partial charge in [0.25, 0.3) is 0 Å². The van der Waals surface area contributed by atoms with Gasteiger partial charge in [-0.3, -0.25) is 0 Å². The lowest BCUT2D eigenvalue weighted by Gasteiger charge is -2.56. The minimum absolute atomic E-state index is 0.281. The van der Waals surface area contributed by atoms with Gasteiger partial charge in [-0.05, 0) is 42.6 Å². The molecule has 1 unspecified atom stereocenters. The highest BCUT2D eigenvalue weighted by atomic mass is 16.5. The number of hydrogen-bond acceptors (Lipinski definition) is 4. The fourth-order valence-electron chi connectivity index (χ4n) is 4.74. The van der Waals surface area contributed by atoms with Crippen molar-refractivity contribution in [3.8, 4) is 11.3 Å². The predicted molar refractivity (Wildman–Crippen MR) is 116 cm³/mol. The van der Waals surface area contributed by atoms with E-state index >= 15 is 0 Å². The molecular weight excluding hydrogens is 360 g/mol. The number of aliphatic hydroxyl groups is 1. The summed E-state index contributed by atoms with van der Waals surface area (Å²) in [7, 11) is 2.09. The van der Waals surface area contributed by atoms with Crippen molar-refractivity contribution in [3.63, 3.8) is 0 Å². The van der Waals surface area contributed by atoms with Gasteiger partial charge in [-0.25, -0.2) is 0 Å². The average molecular weight is 391 g/mol. The van der Waals surface area contributed by atoms with Gasteiger partial charge >= 0.3 is 0 Å². The first-order valence-electron chi connectivity index (χ1n) is 10.3. The summed E-state index contributed by atoms with van der Waals surface area (Å²) in [5, 5.41) is 16.3. The van der Waals surface area contributed by atoms with Gasteiger partial charge in [-0.15, -0.1) is 0 Å². The van der Waals surface area contributed by atoms with Gasteiger partial charge in [0.15, 0.2) is 5.76 Å². The minimum Gasteiger partial charge on any atom is -0.380 e. The summed E-state index contributed by atoms with van der Waals surface area (Å²) in [6.07, 6.45) is 0. The topological polar surface area (TPSA) is 49.5 Å². The van der Waals surface area contributed by atoms with Gasteiger partial charge in [0.2, 0.25) is 0 Å². The van der Waals surface area contributed by atoms with Crippen LogP contribution in [-0.4, -0.2) is 35.3 Å². The van der Waals surface area contributed by atoms with E-state index in [0.29, 0.717) is 5.92 Å². The number of benzene rings is 2. The van der Waals surface area contributed by atoms with E-state index in [9.17, 15) is 5.11 Å². The molecule has 2 aromatic carbocycles. The Morgan fingerprint density at radius 1 is 1.07 bits per heavy atom. The average Bonchev–Trinajstić information content (AvgIpc) is 3.13. The molecular formula is C25H30N2O2. The van der Waals surface area contributed by atoms with Crippen LogP contribution in [0.25, 0.3) is 11.3 Å². The molecule has 1 aliphatic rings. The molecule has 0 bridgehead atoms. The highest BCUT2D eigenvalue weighted by Crippen LogP contribution is 2.50. The Hall–Kier alpha value is -2.43. The SMILES string of the molecule is Cc1cc(-c2cccc(C(O)(c3ccc(C(C)C)cc3)C3(C)CN(C)C3)c2)on1. The third-order valence-corrected chi connectivity index (χ3v) is 6.30. The van der Waals surface area contributed by atoms with Crippen LogP contribution < -0.4 is 0 Å². The molecule has 0 aliphatic carbocycles. The summed E-state index contributed by atoms with van der Waals surface area (Å²) in [6, 6.07) is 18.4. The molecule has 1 aromatic heterocycles. The van der Waals surface area contributed by atoms with Crippen LogP contribution in [0, 0.1) is 12.3 Å². The van der Waals surface area contributed by atoms with E-state index in [1.807, 2.05) is 37.3 Å². The van der Waals surface area contributed by atoms with Crippen molar-refractivity contribution >= 4 is 0 Å². The Morgan fingerprint density at radius 2 is 1.76 bits per heavy atom. The summed E-state index contributed by atoms with van der Waals surface area (Å²) in [5.41, 5.74) is 3.49. The molecule has 0 saturated carbocycles. The first kappa shape index (κ1) is 19.9. The fourth-order valence-corrected chi connectivity index (χ4v) is 4.74. The number of nitrogens with zero attached hydrogens (tertiary/aromatic N) is 2. The van der Waals surface area contributed by atoms with E-state index in [-0.39, 0.29) is 5.41 Å². The lowest BCUT2D eigenvalue weighted by molar-refractivity contribution is -0.127. The molecule has 0 amide bonds. The van der Waals surface area contributed by atoms with Crippen molar-refractivity contribution in [3.05, 3.63) is 77.0 Å². The Balaban J connectivity index is 1.83.